The molecule has 168 valence electrons. The molecule has 0 saturated carbocycles. The molecule has 0 radical (unpaired) electrons. The highest BCUT2D eigenvalue weighted by molar-refractivity contribution is 5.94. The number of nitrogens with zero attached hydrogens (tertiary/aromatic N) is 3. The average Bonchev–Trinajstić information content (AvgIpc) is 3.24. The summed E-state index contributed by atoms with van der Waals surface area (Å²) < 4.78 is 18.5. The van der Waals surface area contributed by atoms with Crippen LogP contribution in [-0.2, 0) is 11.3 Å². The fraction of sp³-hybridized carbons (Fsp3) is 0.400. The maximum absolute atomic E-state index is 13.1. The van der Waals surface area contributed by atoms with E-state index in [4.69, 9.17) is 4.52 Å². The Kier molecular flexibility index (Phi) is 6.65. The fourth-order valence-corrected chi connectivity index (χ4v) is 4.21. The molecule has 2 aromatic carbocycles. The standard InChI is InChI=1S/C25H29FN4O2/c1-16(2)21-8-4-6-17(3)23(21)28-25(31)19-7-5-13-30(14-19)15-22-27-24(29-32-22)18-9-11-20(26)12-10-18/h4,6,8-12,16,19H,5,7,13-15H2,1-3H3,(H,28,31). The number of likely N-dealkylation sites (tertiary alicyclic amines) is 1. The number of piperidine rings is 1. The molecular formula is C25H29FN4O2. The SMILES string of the molecule is Cc1cccc(C(C)C)c1NC(=O)C1CCCN(Cc2nc(-c3ccc(F)cc3)no2)C1. The van der Waals surface area contributed by atoms with E-state index in [0.717, 1.165) is 36.2 Å². The van der Waals surface area contributed by atoms with Crippen molar-refractivity contribution in [2.24, 2.45) is 5.92 Å². The minimum atomic E-state index is -0.304. The number of nitrogens with one attached hydrogen (secondary N) is 1. The van der Waals surface area contributed by atoms with E-state index in [9.17, 15) is 9.18 Å². The van der Waals surface area contributed by atoms with Gasteiger partial charge in [0.05, 0.1) is 12.5 Å². The number of amides is 1. The molecule has 1 unspecified atom stereocenters. The second-order valence-corrected chi connectivity index (χ2v) is 8.78. The highest BCUT2D eigenvalue weighted by atomic mass is 19.1. The zero-order chi connectivity index (χ0) is 22.7. The smallest absolute Gasteiger partial charge is 0.241 e. The molecular weight excluding hydrogens is 407 g/mol. The summed E-state index contributed by atoms with van der Waals surface area (Å²) in [7, 11) is 0. The Bertz CT molecular complexity index is 1080. The summed E-state index contributed by atoms with van der Waals surface area (Å²) in [4.78, 5) is 19.7. The lowest BCUT2D eigenvalue weighted by atomic mass is 9.95. The Balaban J connectivity index is 1.40. The summed E-state index contributed by atoms with van der Waals surface area (Å²) in [6.07, 6.45) is 1.79. The number of anilines is 1. The van der Waals surface area contributed by atoms with Crippen molar-refractivity contribution in [3.63, 3.8) is 0 Å². The Hall–Kier alpha value is -3.06. The topological polar surface area (TPSA) is 71.3 Å². The predicted molar refractivity (Wildman–Crippen MR) is 122 cm³/mol. The van der Waals surface area contributed by atoms with E-state index >= 15 is 0 Å². The van der Waals surface area contributed by atoms with Gasteiger partial charge >= 0.3 is 0 Å². The molecule has 0 spiro atoms. The van der Waals surface area contributed by atoms with Crippen molar-refractivity contribution in [2.75, 3.05) is 18.4 Å². The van der Waals surface area contributed by atoms with E-state index < -0.39 is 0 Å². The van der Waals surface area contributed by atoms with Crippen LogP contribution in [0.1, 0.15) is 49.6 Å². The van der Waals surface area contributed by atoms with Gasteiger partial charge in [0.2, 0.25) is 17.6 Å². The number of aromatic nitrogens is 2. The van der Waals surface area contributed by atoms with Gasteiger partial charge in [-0.15, -0.1) is 0 Å². The quantitative estimate of drug-likeness (QED) is 0.578. The maximum atomic E-state index is 13.1. The van der Waals surface area contributed by atoms with E-state index in [2.05, 4.69) is 40.3 Å². The van der Waals surface area contributed by atoms with E-state index in [1.165, 1.54) is 12.1 Å². The van der Waals surface area contributed by atoms with Gasteiger partial charge in [0.1, 0.15) is 5.82 Å². The lowest BCUT2D eigenvalue weighted by Crippen LogP contribution is -2.40. The van der Waals surface area contributed by atoms with Crippen LogP contribution >= 0.6 is 0 Å². The van der Waals surface area contributed by atoms with Crippen LogP contribution in [0, 0.1) is 18.7 Å². The molecule has 6 nitrogen and oxygen atoms in total. The Labute approximate surface area is 187 Å². The van der Waals surface area contributed by atoms with Crippen molar-refractivity contribution < 1.29 is 13.7 Å². The molecule has 1 atom stereocenters. The van der Waals surface area contributed by atoms with Gasteiger partial charge in [-0.25, -0.2) is 4.39 Å². The molecule has 1 fully saturated rings. The third-order valence-corrected chi connectivity index (χ3v) is 5.98. The summed E-state index contributed by atoms with van der Waals surface area (Å²) in [5, 5.41) is 7.21. The van der Waals surface area contributed by atoms with E-state index in [0.29, 0.717) is 36.3 Å². The summed E-state index contributed by atoms with van der Waals surface area (Å²) in [6, 6.07) is 12.1. The van der Waals surface area contributed by atoms with Crippen LogP contribution in [0.5, 0.6) is 0 Å². The number of halogens is 1. The number of hydrogen-bond acceptors (Lipinski definition) is 5. The van der Waals surface area contributed by atoms with Crippen molar-refractivity contribution in [1.29, 1.82) is 0 Å². The molecule has 3 aromatic rings. The predicted octanol–water partition coefficient (Wildman–Crippen LogP) is 5.16. The molecule has 4 rings (SSSR count). The van der Waals surface area contributed by atoms with Crippen LogP contribution < -0.4 is 5.32 Å². The molecule has 0 aliphatic carbocycles. The molecule has 1 aliphatic rings. The first kappa shape index (κ1) is 22.1. The van der Waals surface area contributed by atoms with Gasteiger partial charge in [-0.05, 0) is 67.6 Å². The first-order valence-corrected chi connectivity index (χ1v) is 11.1. The van der Waals surface area contributed by atoms with Crippen molar-refractivity contribution in [3.8, 4) is 11.4 Å². The molecule has 1 aromatic heterocycles. The fourth-order valence-electron chi connectivity index (χ4n) is 4.21. The van der Waals surface area contributed by atoms with Crippen LogP contribution in [-0.4, -0.2) is 34.0 Å². The number of carbonyl (C=O) groups excluding carboxylic acids is 1. The summed E-state index contributed by atoms with van der Waals surface area (Å²) >= 11 is 0. The molecule has 1 amide bonds. The Morgan fingerprint density at radius 2 is 2.03 bits per heavy atom. The maximum Gasteiger partial charge on any atom is 0.241 e. The monoisotopic (exact) mass is 436 g/mol. The number of hydrogen-bond donors (Lipinski definition) is 1. The highest BCUT2D eigenvalue weighted by Crippen LogP contribution is 2.29. The van der Waals surface area contributed by atoms with Gasteiger partial charge in [0.25, 0.3) is 0 Å². The molecule has 7 heteroatoms. The Morgan fingerprint density at radius 1 is 1.25 bits per heavy atom. The van der Waals surface area contributed by atoms with Gasteiger partial charge in [-0.3, -0.25) is 9.69 Å². The average molecular weight is 437 g/mol. The molecule has 32 heavy (non-hydrogen) atoms. The summed E-state index contributed by atoms with van der Waals surface area (Å²) in [5.41, 5.74) is 3.88. The largest absolute Gasteiger partial charge is 0.338 e. The zero-order valence-electron chi connectivity index (χ0n) is 18.8. The summed E-state index contributed by atoms with van der Waals surface area (Å²) in [6.45, 7) is 8.31. The molecule has 0 bridgehead atoms. The van der Waals surface area contributed by atoms with E-state index in [1.54, 1.807) is 12.1 Å². The van der Waals surface area contributed by atoms with Gasteiger partial charge in [-0.1, -0.05) is 37.2 Å². The van der Waals surface area contributed by atoms with Gasteiger partial charge in [0.15, 0.2) is 0 Å². The van der Waals surface area contributed by atoms with E-state index in [1.807, 2.05) is 19.1 Å². The Morgan fingerprint density at radius 3 is 2.78 bits per heavy atom. The number of benzene rings is 2. The minimum absolute atomic E-state index is 0.0587. The van der Waals surface area contributed by atoms with Gasteiger partial charge in [0, 0.05) is 17.8 Å². The van der Waals surface area contributed by atoms with Crippen LogP contribution in [0.2, 0.25) is 0 Å². The normalized spacial score (nSPS) is 17.0. The first-order chi connectivity index (χ1) is 15.4. The van der Waals surface area contributed by atoms with Crippen LogP contribution in [0.4, 0.5) is 10.1 Å². The molecule has 1 saturated heterocycles. The second-order valence-electron chi connectivity index (χ2n) is 8.78. The third-order valence-electron chi connectivity index (χ3n) is 5.98. The van der Waals surface area contributed by atoms with Crippen molar-refractivity contribution in [3.05, 3.63) is 65.3 Å². The number of para-hydroxylation sites is 1. The lowest BCUT2D eigenvalue weighted by Gasteiger charge is -2.31. The van der Waals surface area contributed by atoms with Crippen molar-refractivity contribution in [1.82, 2.24) is 15.0 Å². The van der Waals surface area contributed by atoms with E-state index in [-0.39, 0.29) is 17.6 Å². The molecule has 1 aliphatic heterocycles. The molecule has 2 heterocycles. The van der Waals surface area contributed by atoms with Crippen molar-refractivity contribution in [2.45, 2.75) is 46.1 Å². The lowest BCUT2D eigenvalue weighted by molar-refractivity contribution is -0.121. The zero-order valence-corrected chi connectivity index (χ0v) is 18.8. The van der Waals surface area contributed by atoms with Crippen LogP contribution in [0.15, 0.2) is 47.0 Å². The number of aryl methyl sites for hydroxylation is 1. The molecule has 1 N–H and O–H groups in total. The number of rotatable bonds is 6. The second kappa shape index (κ2) is 9.61. The highest BCUT2D eigenvalue weighted by Gasteiger charge is 2.28. The minimum Gasteiger partial charge on any atom is -0.338 e. The van der Waals surface area contributed by atoms with Gasteiger partial charge < -0.3 is 9.84 Å². The number of carbonyl (C=O) groups is 1. The van der Waals surface area contributed by atoms with Crippen LogP contribution in [0.25, 0.3) is 11.4 Å². The summed E-state index contributed by atoms with van der Waals surface area (Å²) in [5.74, 6) is 0.923. The van der Waals surface area contributed by atoms with Crippen molar-refractivity contribution >= 4 is 11.6 Å². The first-order valence-electron chi connectivity index (χ1n) is 11.1. The third kappa shape index (κ3) is 5.05. The van der Waals surface area contributed by atoms with Crippen LogP contribution in [0.3, 0.4) is 0 Å². The van der Waals surface area contributed by atoms with Gasteiger partial charge in [-0.2, -0.15) is 4.98 Å².